The lowest BCUT2D eigenvalue weighted by Crippen LogP contribution is -2.30. The van der Waals surface area contributed by atoms with Crippen LogP contribution in [-0.2, 0) is 4.79 Å². The Morgan fingerprint density at radius 2 is 2.29 bits per heavy atom. The summed E-state index contributed by atoms with van der Waals surface area (Å²) in [7, 11) is 0. The van der Waals surface area contributed by atoms with Crippen molar-refractivity contribution in [3.05, 3.63) is 24.3 Å². The number of carbonyl (C=O) groups is 1. The first-order chi connectivity index (χ1) is 8.20. The van der Waals surface area contributed by atoms with Crippen LogP contribution >= 0.6 is 11.8 Å². The molecule has 2 N–H and O–H groups in total. The molecular weight excluding hydrogens is 234 g/mol. The van der Waals surface area contributed by atoms with Crippen molar-refractivity contribution in [1.29, 1.82) is 0 Å². The molecule has 0 aliphatic rings. The maximum atomic E-state index is 11.6. The third-order valence-electron chi connectivity index (χ3n) is 2.38. The zero-order valence-corrected chi connectivity index (χ0v) is 10.7. The van der Waals surface area contributed by atoms with E-state index in [0.717, 1.165) is 16.2 Å². The summed E-state index contributed by atoms with van der Waals surface area (Å²) in [5.74, 6) is 0.0398. The van der Waals surface area contributed by atoms with E-state index < -0.39 is 0 Å². The van der Waals surface area contributed by atoms with Gasteiger partial charge in [-0.05, 0) is 26.0 Å². The van der Waals surface area contributed by atoms with E-state index in [1.54, 1.807) is 0 Å². The highest BCUT2D eigenvalue weighted by atomic mass is 32.2. The fraction of sp³-hybridized carbons (Fsp3) is 0.333. The number of nitrogens with zero attached hydrogens (tertiary/aromatic N) is 1. The quantitative estimate of drug-likeness (QED) is 0.817. The monoisotopic (exact) mass is 249 g/mol. The number of aromatic amines is 1. The molecule has 0 saturated carbocycles. The SMILES string of the molecule is CCNC(=O)[C@@H](C)Sc1nc2ccccc2[nH]1. The van der Waals surface area contributed by atoms with Crippen LogP contribution in [0.2, 0.25) is 0 Å². The summed E-state index contributed by atoms with van der Waals surface area (Å²) in [5.41, 5.74) is 1.93. The summed E-state index contributed by atoms with van der Waals surface area (Å²) >= 11 is 1.44. The van der Waals surface area contributed by atoms with Gasteiger partial charge < -0.3 is 10.3 Å². The molecule has 0 fully saturated rings. The van der Waals surface area contributed by atoms with Gasteiger partial charge in [0, 0.05) is 6.54 Å². The number of imidazole rings is 1. The first kappa shape index (κ1) is 12.0. The van der Waals surface area contributed by atoms with E-state index in [-0.39, 0.29) is 11.2 Å². The van der Waals surface area contributed by atoms with Crippen molar-refractivity contribution in [2.45, 2.75) is 24.3 Å². The van der Waals surface area contributed by atoms with Crippen molar-refractivity contribution in [2.24, 2.45) is 0 Å². The number of para-hydroxylation sites is 2. The molecule has 1 aromatic carbocycles. The highest BCUT2D eigenvalue weighted by molar-refractivity contribution is 8.00. The lowest BCUT2D eigenvalue weighted by Gasteiger charge is -2.08. The summed E-state index contributed by atoms with van der Waals surface area (Å²) in [5, 5.41) is 3.44. The average Bonchev–Trinajstić information content (AvgIpc) is 2.71. The largest absolute Gasteiger partial charge is 0.355 e. The molecule has 0 aliphatic heterocycles. The molecule has 0 radical (unpaired) electrons. The van der Waals surface area contributed by atoms with Crippen molar-refractivity contribution >= 4 is 28.7 Å². The predicted octanol–water partition coefficient (Wildman–Crippen LogP) is 2.18. The first-order valence-corrected chi connectivity index (χ1v) is 6.47. The van der Waals surface area contributed by atoms with Crippen LogP contribution in [0.5, 0.6) is 0 Å². The summed E-state index contributed by atoms with van der Waals surface area (Å²) < 4.78 is 0. The van der Waals surface area contributed by atoms with Crippen molar-refractivity contribution in [3.8, 4) is 0 Å². The van der Waals surface area contributed by atoms with Gasteiger partial charge in [-0.3, -0.25) is 4.79 Å². The zero-order valence-electron chi connectivity index (χ0n) is 9.86. The lowest BCUT2D eigenvalue weighted by molar-refractivity contribution is -0.120. The van der Waals surface area contributed by atoms with E-state index in [0.29, 0.717) is 6.54 Å². The lowest BCUT2D eigenvalue weighted by atomic mass is 10.3. The molecule has 0 bridgehead atoms. The highest BCUT2D eigenvalue weighted by Crippen LogP contribution is 2.23. The van der Waals surface area contributed by atoms with E-state index in [1.807, 2.05) is 38.1 Å². The highest BCUT2D eigenvalue weighted by Gasteiger charge is 2.15. The van der Waals surface area contributed by atoms with Crippen LogP contribution in [0.25, 0.3) is 11.0 Å². The van der Waals surface area contributed by atoms with Crippen LogP contribution in [-0.4, -0.2) is 27.7 Å². The van der Waals surface area contributed by atoms with Gasteiger partial charge in [0.1, 0.15) is 0 Å². The number of amides is 1. The molecule has 1 amide bonds. The van der Waals surface area contributed by atoms with Gasteiger partial charge in [0.15, 0.2) is 5.16 Å². The molecule has 0 unspecified atom stereocenters. The third kappa shape index (κ3) is 2.79. The van der Waals surface area contributed by atoms with Crippen LogP contribution in [0.15, 0.2) is 29.4 Å². The number of nitrogens with one attached hydrogen (secondary N) is 2. The summed E-state index contributed by atoms with van der Waals surface area (Å²) in [6.45, 7) is 4.45. The van der Waals surface area contributed by atoms with E-state index >= 15 is 0 Å². The zero-order chi connectivity index (χ0) is 12.3. The molecule has 90 valence electrons. The van der Waals surface area contributed by atoms with Crippen LogP contribution in [0.4, 0.5) is 0 Å². The standard InChI is InChI=1S/C12H15N3OS/c1-3-13-11(16)8(2)17-12-14-9-6-4-5-7-10(9)15-12/h4-8H,3H2,1-2H3,(H,13,16)(H,14,15)/t8-/m1/s1. The Morgan fingerprint density at radius 1 is 1.53 bits per heavy atom. The Hall–Kier alpha value is -1.49. The number of carbonyl (C=O) groups excluding carboxylic acids is 1. The molecule has 5 heteroatoms. The Balaban J connectivity index is 2.10. The molecule has 1 atom stereocenters. The Kier molecular flexibility index (Phi) is 3.68. The minimum Gasteiger partial charge on any atom is -0.355 e. The van der Waals surface area contributed by atoms with Gasteiger partial charge >= 0.3 is 0 Å². The fourth-order valence-corrected chi connectivity index (χ4v) is 2.37. The number of hydrogen-bond acceptors (Lipinski definition) is 3. The predicted molar refractivity (Wildman–Crippen MR) is 70.1 cm³/mol. The van der Waals surface area contributed by atoms with Crippen molar-refractivity contribution in [1.82, 2.24) is 15.3 Å². The fourth-order valence-electron chi connectivity index (χ4n) is 1.52. The molecule has 0 saturated heterocycles. The summed E-state index contributed by atoms with van der Waals surface area (Å²) in [4.78, 5) is 19.2. The summed E-state index contributed by atoms with van der Waals surface area (Å²) in [6.07, 6.45) is 0. The second-order valence-corrected chi connectivity index (χ2v) is 5.04. The van der Waals surface area contributed by atoms with Crippen molar-refractivity contribution < 1.29 is 4.79 Å². The number of thioether (sulfide) groups is 1. The van der Waals surface area contributed by atoms with Crippen molar-refractivity contribution in [3.63, 3.8) is 0 Å². The van der Waals surface area contributed by atoms with Crippen LogP contribution in [0.1, 0.15) is 13.8 Å². The van der Waals surface area contributed by atoms with E-state index in [2.05, 4.69) is 15.3 Å². The number of benzene rings is 1. The maximum Gasteiger partial charge on any atom is 0.233 e. The molecule has 17 heavy (non-hydrogen) atoms. The molecule has 2 aromatic rings. The molecule has 4 nitrogen and oxygen atoms in total. The maximum absolute atomic E-state index is 11.6. The van der Waals surface area contributed by atoms with Gasteiger partial charge in [-0.15, -0.1) is 0 Å². The number of H-pyrrole nitrogens is 1. The molecule has 0 spiro atoms. The second-order valence-electron chi connectivity index (χ2n) is 3.71. The Morgan fingerprint density at radius 3 is 3.00 bits per heavy atom. The van der Waals surface area contributed by atoms with Gasteiger partial charge in [-0.25, -0.2) is 4.98 Å². The molecule has 0 aliphatic carbocycles. The number of fused-ring (bicyclic) bond motifs is 1. The van der Waals surface area contributed by atoms with E-state index in [1.165, 1.54) is 11.8 Å². The molecule has 1 heterocycles. The van der Waals surface area contributed by atoms with Gasteiger partial charge in [-0.2, -0.15) is 0 Å². The molecule has 1 aromatic heterocycles. The van der Waals surface area contributed by atoms with Crippen LogP contribution in [0.3, 0.4) is 0 Å². The summed E-state index contributed by atoms with van der Waals surface area (Å²) in [6, 6.07) is 7.84. The first-order valence-electron chi connectivity index (χ1n) is 5.60. The van der Waals surface area contributed by atoms with Gasteiger partial charge in [-0.1, -0.05) is 23.9 Å². The number of aromatic nitrogens is 2. The topological polar surface area (TPSA) is 57.8 Å². The normalized spacial score (nSPS) is 12.6. The van der Waals surface area contributed by atoms with E-state index in [4.69, 9.17) is 0 Å². The van der Waals surface area contributed by atoms with Crippen molar-refractivity contribution in [2.75, 3.05) is 6.54 Å². The van der Waals surface area contributed by atoms with Gasteiger partial charge in [0.2, 0.25) is 5.91 Å². The third-order valence-corrected chi connectivity index (χ3v) is 3.36. The van der Waals surface area contributed by atoms with Gasteiger partial charge in [0.05, 0.1) is 16.3 Å². The smallest absolute Gasteiger partial charge is 0.233 e. The minimum atomic E-state index is -0.143. The van der Waals surface area contributed by atoms with Crippen LogP contribution in [0, 0.1) is 0 Å². The molecular formula is C12H15N3OS. The van der Waals surface area contributed by atoms with Crippen LogP contribution < -0.4 is 5.32 Å². The van der Waals surface area contributed by atoms with E-state index in [9.17, 15) is 4.79 Å². The number of rotatable bonds is 4. The second kappa shape index (κ2) is 5.23. The van der Waals surface area contributed by atoms with Gasteiger partial charge in [0.25, 0.3) is 0 Å². The Bertz CT molecular complexity index is 490. The average molecular weight is 249 g/mol. The minimum absolute atomic E-state index is 0.0398. The molecule has 2 rings (SSSR count). The number of hydrogen-bond donors (Lipinski definition) is 2. The Labute approximate surface area is 104 Å².